The summed E-state index contributed by atoms with van der Waals surface area (Å²) in [5.41, 5.74) is 1.59. The fraction of sp³-hybridized carbons (Fsp3) is 0.538. The number of pyridine rings is 1. The van der Waals surface area contributed by atoms with Gasteiger partial charge in [0, 0.05) is 68.0 Å². The van der Waals surface area contributed by atoms with Gasteiger partial charge < -0.3 is 25.2 Å². The highest BCUT2D eigenvalue weighted by Crippen LogP contribution is 2.37. The molecule has 3 N–H and O–H groups in total. The number of aliphatic imine (C=N–C) groups is 1. The first kappa shape index (κ1) is 24.7. The summed E-state index contributed by atoms with van der Waals surface area (Å²) in [6.45, 7) is 21.3. The highest BCUT2D eigenvalue weighted by Gasteiger charge is 2.41. The van der Waals surface area contributed by atoms with E-state index in [-0.39, 0.29) is 5.54 Å². The van der Waals surface area contributed by atoms with Crippen molar-refractivity contribution in [3.63, 3.8) is 0 Å². The molecule has 0 aliphatic carbocycles. The molecule has 1 aromatic rings. The molecule has 3 aliphatic rings. The van der Waals surface area contributed by atoms with Gasteiger partial charge in [0.1, 0.15) is 22.5 Å². The summed E-state index contributed by atoms with van der Waals surface area (Å²) in [6, 6.07) is 6.06. The van der Waals surface area contributed by atoms with Crippen LogP contribution in [0.25, 0.3) is 0 Å². The second-order valence-corrected chi connectivity index (χ2v) is 10.7. The first-order valence-electron chi connectivity index (χ1n) is 12.4. The van der Waals surface area contributed by atoms with E-state index in [4.69, 9.17) is 9.98 Å². The van der Waals surface area contributed by atoms with Crippen molar-refractivity contribution in [1.29, 1.82) is 0 Å². The van der Waals surface area contributed by atoms with Gasteiger partial charge in [-0.3, -0.25) is 0 Å². The van der Waals surface area contributed by atoms with Crippen LogP contribution in [-0.4, -0.2) is 65.4 Å². The van der Waals surface area contributed by atoms with Gasteiger partial charge in [0.25, 0.3) is 0 Å². The van der Waals surface area contributed by atoms with Gasteiger partial charge in [-0.15, -0.1) is 0 Å². The number of hydrogen-bond donors (Lipinski definition) is 3. The van der Waals surface area contributed by atoms with E-state index < -0.39 is 0 Å². The first-order chi connectivity index (χ1) is 16.4. The lowest BCUT2D eigenvalue weighted by Gasteiger charge is -2.37. The number of allylic oxidation sites excluding steroid dienone is 1. The molecule has 0 spiro atoms. The molecule has 0 aromatic carbocycles. The minimum absolute atomic E-state index is 0.00147. The zero-order valence-electron chi connectivity index (χ0n) is 20.9. The number of piperazine rings is 1. The largest absolute Gasteiger partial charge is 0.370 e. The highest BCUT2D eigenvalue weighted by molar-refractivity contribution is 7.97. The number of rotatable bonds is 2. The minimum Gasteiger partial charge on any atom is -0.370 e. The average Bonchev–Trinajstić information content (AvgIpc) is 3.14. The molecule has 4 heterocycles. The van der Waals surface area contributed by atoms with Crippen LogP contribution in [0.3, 0.4) is 0 Å². The van der Waals surface area contributed by atoms with E-state index in [0.717, 1.165) is 85.9 Å². The molecular formula is C26H39N7S. The van der Waals surface area contributed by atoms with Gasteiger partial charge in [0.05, 0.1) is 0 Å². The summed E-state index contributed by atoms with van der Waals surface area (Å²) >= 11 is 1.46. The Labute approximate surface area is 209 Å². The molecule has 4 bridgehead atoms. The Balaban J connectivity index is 1.67. The molecule has 4 rings (SSSR count). The lowest BCUT2D eigenvalue weighted by molar-refractivity contribution is 0.275. The van der Waals surface area contributed by atoms with Crippen LogP contribution in [0.1, 0.15) is 40.0 Å². The summed E-state index contributed by atoms with van der Waals surface area (Å²) < 4.78 is 3.38. The van der Waals surface area contributed by atoms with E-state index in [9.17, 15) is 0 Å². The van der Waals surface area contributed by atoms with Crippen molar-refractivity contribution < 1.29 is 0 Å². The van der Waals surface area contributed by atoms with Crippen molar-refractivity contribution in [1.82, 2.24) is 24.8 Å². The summed E-state index contributed by atoms with van der Waals surface area (Å²) in [4.78, 5) is 14.8. The molecule has 0 unspecified atom stereocenters. The quantitative estimate of drug-likeness (QED) is 0.547. The van der Waals surface area contributed by atoms with Gasteiger partial charge in [0.2, 0.25) is 0 Å². The predicted molar refractivity (Wildman–Crippen MR) is 144 cm³/mol. The molecule has 2 saturated heterocycles. The van der Waals surface area contributed by atoms with E-state index >= 15 is 0 Å². The van der Waals surface area contributed by atoms with Crippen LogP contribution in [0.4, 0.5) is 5.82 Å². The number of fused-ring (bicyclic) bond motifs is 4. The fourth-order valence-corrected chi connectivity index (χ4v) is 5.69. The Bertz CT molecular complexity index is 962. The second kappa shape index (κ2) is 10.9. The Morgan fingerprint density at radius 2 is 2.03 bits per heavy atom. The SMILES string of the molecule is C=C1NSc2cccc(n2)NCCC[C@@H]2CN(C(=N/C(=C\C)N3CCNCC3)C1=C)C(C)(C)C2. The number of anilines is 1. The monoisotopic (exact) mass is 481 g/mol. The molecular weight excluding hydrogens is 442 g/mol. The second-order valence-electron chi connectivity index (χ2n) is 9.90. The van der Waals surface area contributed by atoms with Gasteiger partial charge in [0.15, 0.2) is 0 Å². The van der Waals surface area contributed by atoms with Crippen molar-refractivity contribution >= 4 is 23.6 Å². The van der Waals surface area contributed by atoms with Crippen molar-refractivity contribution in [3.8, 4) is 0 Å². The summed E-state index contributed by atoms with van der Waals surface area (Å²) in [5.74, 6) is 3.46. The maximum atomic E-state index is 5.26. The maximum Gasteiger partial charge on any atom is 0.140 e. The zero-order chi connectivity index (χ0) is 24.1. The van der Waals surface area contributed by atoms with Crippen LogP contribution in [0.2, 0.25) is 0 Å². The molecule has 0 amide bonds. The molecule has 0 radical (unpaired) electrons. The third kappa shape index (κ3) is 5.78. The van der Waals surface area contributed by atoms with Crippen LogP contribution in [0.5, 0.6) is 0 Å². The van der Waals surface area contributed by atoms with Crippen molar-refractivity contribution in [2.75, 3.05) is 44.6 Å². The van der Waals surface area contributed by atoms with Crippen LogP contribution < -0.4 is 15.4 Å². The van der Waals surface area contributed by atoms with E-state index in [1.807, 2.05) is 18.2 Å². The average molecular weight is 482 g/mol. The minimum atomic E-state index is -0.00147. The van der Waals surface area contributed by atoms with Crippen LogP contribution >= 0.6 is 11.9 Å². The van der Waals surface area contributed by atoms with Crippen LogP contribution in [0, 0.1) is 5.92 Å². The molecule has 1 atom stereocenters. The normalized spacial score (nSPS) is 25.4. The molecule has 7 nitrogen and oxygen atoms in total. The summed E-state index contributed by atoms with van der Waals surface area (Å²) in [7, 11) is 0. The van der Waals surface area contributed by atoms with Gasteiger partial charge >= 0.3 is 0 Å². The topological polar surface area (TPSA) is 67.8 Å². The van der Waals surface area contributed by atoms with Crippen molar-refractivity contribution in [2.45, 2.75) is 50.6 Å². The molecule has 8 heteroatoms. The van der Waals surface area contributed by atoms with Gasteiger partial charge in [-0.25, -0.2) is 9.98 Å². The molecule has 1 aromatic heterocycles. The molecule has 34 heavy (non-hydrogen) atoms. The first-order valence-corrected chi connectivity index (χ1v) is 13.2. The lowest BCUT2D eigenvalue weighted by atomic mass is 9.93. The standard InChI is InChI=1S/C26H39N7S/c1-6-23(32-15-13-27-14-16-32)30-25-19(2)20(3)31-34-24-11-7-10-22(29-24)28-12-8-9-21-17-26(4,5)33(25)18-21/h6-7,10-11,21,27,31H,2-3,8-9,12-18H2,1,4-5H3,(H,28,29)/b23-6+,30-25?/t21-/m0/s1. The predicted octanol–water partition coefficient (Wildman–Crippen LogP) is 4.22. The van der Waals surface area contributed by atoms with E-state index in [0.29, 0.717) is 5.92 Å². The lowest BCUT2D eigenvalue weighted by Crippen LogP contribution is -2.45. The number of hydrogen-bond acceptors (Lipinski definition) is 7. The van der Waals surface area contributed by atoms with E-state index in [2.05, 4.69) is 65.2 Å². The van der Waals surface area contributed by atoms with Gasteiger partial charge in [-0.1, -0.05) is 19.2 Å². The number of amidine groups is 1. The number of nitrogens with zero attached hydrogens (tertiary/aromatic N) is 4. The summed E-state index contributed by atoms with van der Waals surface area (Å²) in [5, 5.41) is 7.81. The molecule has 184 valence electrons. The molecule has 3 aliphatic heterocycles. The third-order valence-electron chi connectivity index (χ3n) is 6.87. The van der Waals surface area contributed by atoms with E-state index in [1.54, 1.807) is 0 Å². The fourth-order valence-electron chi connectivity index (χ4n) is 5.05. The van der Waals surface area contributed by atoms with Crippen molar-refractivity contribution in [3.05, 3.63) is 54.5 Å². The van der Waals surface area contributed by atoms with Crippen LogP contribution in [0.15, 0.2) is 64.5 Å². The molecule has 2 fully saturated rings. The molecule has 0 saturated carbocycles. The van der Waals surface area contributed by atoms with Gasteiger partial charge in [-0.05, 0) is 64.2 Å². The Hall–Kier alpha value is -2.45. The third-order valence-corrected chi connectivity index (χ3v) is 7.65. The Kier molecular flexibility index (Phi) is 7.88. The maximum absolute atomic E-state index is 5.26. The smallest absolute Gasteiger partial charge is 0.140 e. The zero-order valence-corrected chi connectivity index (χ0v) is 21.7. The summed E-state index contributed by atoms with van der Waals surface area (Å²) in [6.07, 6.45) is 5.55. The Morgan fingerprint density at radius 3 is 2.79 bits per heavy atom. The number of aromatic nitrogens is 1. The highest BCUT2D eigenvalue weighted by atomic mass is 32.2. The van der Waals surface area contributed by atoms with Gasteiger partial charge in [-0.2, -0.15) is 0 Å². The van der Waals surface area contributed by atoms with Crippen molar-refractivity contribution in [2.24, 2.45) is 10.9 Å². The van der Waals surface area contributed by atoms with E-state index in [1.165, 1.54) is 18.4 Å². The van der Waals surface area contributed by atoms with Crippen LogP contribution in [-0.2, 0) is 0 Å². The number of nitrogens with one attached hydrogen (secondary N) is 3. The Morgan fingerprint density at radius 1 is 1.24 bits per heavy atom.